The number of hydrogen-bond donors (Lipinski definition) is 2. The quantitative estimate of drug-likeness (QED) is 0.759. The van der Waals surface area contributed by atoms with Crippen molar-refractivity contribution in [2.24, 2.45) is 0 Å². The number of carboxylic acids is 1. The Balaban J connectivity index is 2.65. The molecular weight excluding hydrogens is 182 g/mol. The Morgan fingerprint density at radius 2 is 2.43 bits per heavy atom. The minimum atomic E-state index is -0.792. The van der Waals surface area contributed by atoms with Gasteiger partial charge in [0.25, 0.3) is 0 Å². The van der Waals surface area contributed by atoms with Crippen LogP contribution in [0.1, 0.15) is 31.4 Å². The Bertz CT molecular complexity index is 333. The number of carbonyl (C=O) groups is 1. The normalized spacial score (nSPS) is 12.7. The van der Waals surface area contributed by atoms with Crippen LogP contribution < -0.4 is 5.73 Å². The average molecular weight is 197 g/mol. The monoisotopic (exact) mass is 197 g/mol. The Hall–Kier alpha value is -1.52. The zero-order valence-electron chi connectivity index (χ0n) is 8.40. The van der Waals surface area contributed by atoms with E-state index in [1.54, 1.807) is 10.9 Å². The number of carboxylic acid groups (broad SMARTS) is 1. The van der Waals surface area contributed by atoms with Gasteiger partial charge in [-0.25, -0.2) is 4.68 Å². The molecule has 1 aromatic rings. The van der Waals surface area contributed by atoms with Crippen molar-refractivity contribution in [1.29, 1.82) is 0 Å². The predicted molar refractivity (Wildman–Crippen MR) is 53.0 cm³/mol. The first-order valence-electron chi connectivity index (χ1n) is 4.53. The maximum Gasteiger partial charge on any atom is 0.303 e. The molecule has 0 saturated heterocycles. The zero-order valence-corrected chi connectivity index (χ0v) is 8.40. The SMILES string of the molecule is Cc1cnn(C(C)CCC(=O)O)c1N. The topological polar surface area (TPSA) is 81.1 Å². The summed E-state index contributed by atoms with van der Waals surface area (Å²) in [7, 11) is 0. The standard InChI is InChI=1S/C9H15N3O2/c1-6-5-11-12(9(6)10)7(2)3-4-8(13)14/h5,7H,3-4,10H2,1-2H3,(H,13,14). The summed E-state index contributed by atoms with van der Waals surface area (Å²) in [6.45, 7) is 3.79. The molecule has 78 valence electrons. The molecule has 0 spiro atoms. The lowest BCUT2D eigenvalue weighted by Gasteiger charge is -2.12. The first-order chi connectivity index (χ1) is 6.52. The van der Waals surface area contributed by atoms with Crippen molar-refractivity contribution in [2.75, 3.05) is 5.73 Å². The molecule has 1 rings (SSSR count). The highest BCUT2D eigenvalue weighted by Crippen LogP contribution is 2.18. The van der Waals surface area contributed by atoms with E-state index in [-0.39, 0.29) is 12.5 Å². The van der Waals surface area contributed by atoms with Crippen LogP contribution in [0.3, 0.4) is 0 Å². The van der Waals surface area contributed by atoms with Gasteiger partial charge in [-0.05, 0) is 20.3 Å². The fourth-order valence-corrected chi connectivity index (χ4v) is 1.26. The van der Waals surface area contributed by atoms with Gasteiger partial charge >= 0.3 is 5.97 Å². The predicted octanol–water partition coefficient (Wildman–Crippen LogP) is 1.20. The van der Waals surface area contributed by atoms with Crippen molar-refractivity contribution in [3.8, 4) is 0 Å². The van der Waals surface area contributed by atoms with Crippen molar-refractivity contribution in [3.63, 3.8) is 0 Å². The van der Waals surface area contributed by atoms with Crippen molar-refractivity contribution in [1.82, 2.24) is 9.78 Å². The second-order valence-corrected chi connectivity index (χ2v) is 3.44. The Kier molecular flexibility index (Phi) is 3.11. The van der Waals surface area contributed by atoms with E-state index in [4.69, 9.17) is 10.8 Å². The van der Waals surface area contributed by atoms with Crippen LogP contribution in [0.15, 0.2) is 6.20 Å². The third kappa shape index (κ3) is 2.25. The molecule has 5 heteroatoms. The van der Waals surface area contributed by atoms with E-state index in [0.29, 0.717) is 12.2 Å². The highest BCUT2D eigenvalue weighted by atomic mass is 16.4. The van der Waals surface area contributed by atoms with Crippen molar-refractivity contribution in [2.45, 2.75) is 32.7 Å². The molecule has 5 nitrogen and oxygen atoms in total. The van der Waals surface area contributed by atoms with E-state index in [1.807, 2.05) is 13.8 Å². The molecule has 0 radical (unpaired) electrons. The van der Waals surface area contributed by atoms with Crippen LogP contribution in [0.25, 0.3) is 0 Å². The van der Waals surface area contributed by atoms with Gasteiger partial charge in [0.15, 0.2) is 0 Å². The second-order valence-electron chi connectivity index (χ2n) is 3.44. The molecule has 0 aliphatic heterocycles. The zero-order chi connectivity index (χ0) is 10.7. The summed E-state index contributed by atoms with van der Waals surface area (Å²) in [5, 5.41) is 12.6. The van der Waals surface area contributed by atoms with Gasteiger partial charge in [0.2, 0.25) is 0 Å². The minimum absolute atomic E-state index is 0.0276. The van der Waals surface area contributed by atoms with Crippen LogP contribution in [-0.2, 0) is 4.79 Å². The minimum Gasteiger partial charge on any atom is -0.481 e. The maximum atomic E-state index is 10.4. The average Bonchev–Trinajstić information content (AvgIpc) is 2.44. The van der Waals surface area contributed by atoms with Crippen LogP contribution in [0.2, 0.25) is 0 Å². The molecule has 1 unspecified atom stereocenters. The van der Waals surface area contributed by atoms with Gasteiger partial charge in [0.1, 0.15) is 5.82 Å². The number of nitrogens with zero attached hydrogens (tertiary/aromatic N) is 2. The summed E-state index contributed by atoms with van der Waals surface area (Å²) in [6, 6.07) is 0.0276. The summed E-state index contributed by atoms with van der Waals surface area (Å²) >= 11 is 0. The van der Waals surface area contributed by atoms with E-state index < -0.39 is 5.97 Å². The number of hydrogen-bond acceptors (Lipinski definition) is 3. The van der Waals surface area contributed by atoms with Gasteiger partial charge in [0.05, 0.1) is 12.2 Å². The van der Waals surface area contributed by atoms with Crippen LogP contribution >= 0.6 is 0 Å². The second kappa shape index (κ2) is 4.13. The van der Waals surface area contributed by atoms with Gasteiger partial charge in [0, 0.05) is 12.0 Å². The first-order valence-corrected chi connectivity index (χ1v) is 4.53. The Morgan fingerprint density at radius 1 is 1.79 bits per heavy atom. The van der Waals surface area contributed by atoms with Gasteiger partial charge in [-0.2, -0.15) is 5.10 Å². The van der Waals surface area contributed by atoms with Gasteiger partial charge in [-0.3, -0.25) is 4.79 Å². The molecule has 1 atom stereocenters. The smallest absolute Gasteiger partial charge is 0.303 e. The van der Waals surface area contributed by atoms with Gasteiger partial charge in [-0.1, -0.05) is 0 Å². The van der Waals surface area contributed by atoms with E-state index in [1.165, 1.54) is 0 Å². The number of nitrogen functional groups attached to an aromatic ring is 1. The third-order valence-electron chi connectivity index (χ3n) is 2.22. The molecule has 1 heterocycles. The molecule has 0 saturated carbocycles. The molecule has 14 heavy (non-hydrogen) atoms. The number of nitrogens with two attached hydrogens (primary N) is 1. The summed E-state index contributed by atoms with van der Waals surface area (Å²) in [5.41, 5.74) is 6.69. The lowest BCUT2D eigenvalue weighted by molar-refractivity contribution is -0.137. The summed E-state index contributed by atoms with van der Waals surface area (Å²) in [6.07, 6.45) is 2.37. The number of anilines is 1. The van der Waals surface area contributed by atoms with Crippen molar-refractivity contribution >= 4 is 11.8 Å². The van der Waals surface area contributed by atoms with Crippen molar-refractivity contribution in [3.05, 3.63) is 11.8 Å². The van der Waals surface area contributed by atoms with E-state index in [9.17, 15) is 4.79 Å². The molecule has 1 aromatic heterocycles. The van der Waals surface area contributed by atoms with E-state index in [0.717, 1.165) is 5.56 Å². The number of rotatable bonds is 4. The number of aliphatic carboxylic acids is 1. The summed E-state index contributed by atoms with van der Waals surface area (Å²) in [4.78, 5) is 10.4. The highest BCUT2D eigenvalue weighted by Gasteiger charge is 2.11. The third-order valence-corrected chi connectivity index (χ3v) is 2.22. The number of aromatic nitrogens is 2. The molecule has 0 bridgehead atoms. The first kappa shape index (κ1) is 10.6. The fourth-order valence-electron chi connectivity index (χ4n) is 1.26. The van der Waals surface area contributed by atoms with Gasteiger partial charge < -0.3 is 10.8 Å². The largest absolute Gasteiger partial charge is 0.481 e. The van der Waals surface area contributed by atoms with E-state index >= 15 is 0 Å². The molecule has 0 fully saturated rings. The fraction of sp³-hybridized carbons (Fsp3) is 0.556. The molecule has 0 aliphatic carbocycles. The molecule has 0 aromatic carbocycles. The Labute approximate surface area is 82.5 Å². The summed E-state index contributed by atoms with van der Waals surface area (Å²) < 4.78 is 1.66. The molecule has 0 amide bonds. The van der Waals surface area contributed by atoms with E-state index in [2.05, 4.69) is 5.10 Å². The van der Waals surface area contributed by atoms with Crippen LogP contribution in [0, 0.1) is 6.92 Å². The lowest BCUT2D eigenvalue weighted by atomic mass is 10.2. The van der Waals surface area contributed by atoms with Gasteiger partial charge in [-0.15, -0.1) is 0 Å². The number of aryl methyl sites for hydroxylation is 1. The Morgan fingerprint density at radius 3 is 2.86 bits per heavy atom. The summed E-state index contributed by atoms with van der Waals surface area (Å²) in [5.74, 6) is -0.179. The molecule has 0 aliphatic rings. The highest BCUT2D eigenvalue weighted by molar-refractivity contribution is 5.66. The molecule has 3 N–H and O–H groups in total. The lowest BCUT2D eigenvalue weighted by Crippen LogP contribution is -2.12. The maximum absolute atomic E-state index is 10.4. The molecular formula is C9H15N3O2. The van der Waals surface area contributed by atoms with Crippen LogP contribution in [0.4, 0.5) is 5.82 Å². The van der Waals surface area contributed by atoms with Crippen LogP contribution in [-0.4, -0.2) is 20.9 Å². The van der Waals surface area contributed by atoms with Crippen molar-refractivity contribution < 1.29 is 9.90 Å². The van der Waals surface area contributed by atoms with Crippen LogP contribution in [0.5, 0.6) is 0 Å².